The highest BCUT2D eigenvalue weighted by Crippen LogP contribution is 2.54. The summed E-state index contributed by atoms with van der Waals surface area (Å²) in [6, 6.07) is 3.77. The van der Waals surface area contributed by atoms with Gasteiger partial charge in [-0.3, -0.25) is 9.98 Å². The lowest BCUT2D eigenvalue weighted by atomic mass is 9.83. The molecule has 0 aliphatic heterocycles. The first kappa shape index (κ1) is 46.2. The van der Waals surface area contributed by atoms with Crippen LogP contribution in [0, 0.1) is 13.8 Å². The van der Waals surface area contributed by atoms with Crippen LogP contribution in [0.2, 0.25) is 0 Å². The molecule has 4 rings (SSSR count). The predicted molar refractivity (Wildman–Crippen MR) is 245 cm³/mol. The van der Waals surface area contributed by atoms with Crippen LogP contribution in [0.4, 0.5) is 0 Å². The van der Waals surface area contributed by atoms with Gasteiger partial charge >= 0.3 is 0 Å². The molecule has 0 heterocycles. The normalized spacial score (nSPS) is 12.2. The molecule has 0 aliphatic carbocycles. The predicted octanol–water partition coefficient (Wildman–Crippen LogP) is 13.9. The Bertz CT molecular complexity index is 1920. The molecule has 0 aliphatic rings. The minimum absolute atomic E-state index is 0.157. The first-order valence-electron chi connectivity index (χ1n) is 22.3. The highest BCUT2D eigenvalue weighted by Gasteiger charge is 2.29. The fourth-order valence-corrected chi connectivity index (χ4v) is 8.61. The Labute approximate surface area is 347 Å². The molecule has 58 heavy (non-hydrogen) atoms. The molecule has 0 saturated heterocycles. The van der Waals surface area contributed by atoms with Crippen LogP contribution in [0.1, 0.15) is 189 Å². The fourth-order valence-electron chi connectivity index (χ4n) is 8.61. The number of aryl methyl sites for hydroxylation is 2. The van der Waals surface area contributed by atoms with Crippen LogP contribution in [-0.4, -0.2) is 56.2 Å². The average molecular weight is 797 g/mol. The largest absolute Gasteiger partial charge is 0.507 e. The second kappa shape index (κ2) is 22.1. The first-order chi connectivity index (χ1) is 27.8. The number of aromatic hydroxyl groups is 6. The summed E-state index contributed by atoms with van der Waals surface area (Å²) in [5.41, 5.74) is 3.47. The zero-order chi connectivity index (χ0) is 42.5. The van der Waals surface area contributed by atoms with E-state index in [1.807, 2.05) is 53.7 Å². The molecule has 0 aromatic heterocycles. The van der Waals surface area contributed by atoms with E-state index in [0.717, 1.165) is 38.5 Å². The molecule has 4 aromatic carbocycles. The standard InChI is InChI=1S/C50H72N2O6/c1-9-11-13-15-17-19-21-23-25-51-29-37-43-35(39(31(3)4)49(57)45(37)53)27-33(7)41(47(43)55)42-34(8)28-36-40(32(5)6)50(58)46(54)38(44(36)48(42)56)30-52-26-24-22-20-18-16-14-12-10-2/h27-32,53-58H,9-26H2,1-8H3. The van der Waals surface area contributed by atoms with E-state index in [1.165, 1.54) is 64.2 Å². The summed E-state index contributed by atoms with van der Waals surface area (Å²) < 4.78 is 0. The summed E-state index contributed by atoms with van der Waals surface area (Å²) in [5, 5.41) is 72.2. The van der Waals surface area contributed by atoms with Crippen LogP contribution in [0.25, 0.3) is 32.7 Å². The summed E-state index contributed by atoms with van der Waals surface area (Å²) in [6.07, 6.45) is 21.8. The Morgan fingerprint density at radius 3 is 1.07 bits per heavy atom. The Morgan fingerprint density at radius 2 is 0.759 bits per heavy atom. The lowest BCUT2D eigenvalue weighted by molar-refractivity contribution is 0.398. The smallest absolute Gasteiger partial charge is 0.167 e. The number of benzene rings is 4. The van der Waals surface area contributed by atoms with Crippen molar-refractivity contribution in [2.45, 2.75) is 170 Å². The molecule has 0 bridgehead atoms. The van der Waals surface area contributed by atoms with Gasteiger partial charge in [0, 0.05) is 69.7 Å². The van der Waals surface area contributed by atoms with Crippen molar-refractivity contribution in [1.29, 1.82) is 0 Å². The van der Waals surface area contributed by atoms with Crippen LogP contribution in [-0.2, 0) is 0 Å². The number of phenols is 6. The van der Waals surface area contributed by atoms with Gasteiger partial charge in [0.2, 0.25) is 0 Å². The van der Waals surface area contributed by atoms with Gasteiger partial charge < -0.3 is 30.6 Å². The lowest BCUT2D eigenvalue weighted by Gasteiger charge is -2.23. The van der Waals surface area contributed by atoms with Crippen molar-refractivity contribution in [2.24, 2.45) is 9.98 Å². The van der Waals surface area contributed by atoms with Crippen molar-refractivity contribution >= 4 is 34.0 Å². The SMILES string of the molecule is CCCCCCCCCCN=Cc1c(O)c(O)c(C(C)C)c2cc(C)c(-c3c(C)cc4c(C(C)C)c(O)c(O)c(C=NCCCCCCCCCC)c4c3O)c(O)c12. The number of hydrogen-bond acceptors (Lipinski definition) is 8. The maximum Gasteiger partial charge on any atom is 0.167 e. The maximum atomic E-state index is 12.4. The highest BCUT2D eigenvalue weighted by molar-refractivity contribution is 6.15. The fraction of sp³-hybridized carbons (Fsp3) is 0.560. The topological polar surface area (TPSA) is 146 Å². The zero-order valence-electron chi connectivity index (χ0n) is 36.8. The van der Waals surface area contributed by atoms with Gasteiger partial charge in [-0.25, -0.2) is 0 Å². The van der Waals surface area contributed by atoms with Crippen molar-refractivity contribution < 1.29 is 30.6 Å². The highest BCUT2D eigenvalue weighted by atomic mass is 16.3. The molecule has 8 heteroatoms. The summed E-state index contributed by atoms with van der Waals surface area (Å²) in [5.74, 6) is -1.86. The van der Waals surface area contributed by atoms with Crippen LogP contribution in [0.5, 0.6) is 34.5 Å². The van der Waals surface area contributed by atoms with E-state index in [-0.39, 0.29) is 57.5 Å². The van der Waals surface area contributed by atoms with Gasteiger partial charge in [-0.1, -0.05) is 144 Å². The van der Waals surface area contributed by atoms with E-state index in [1.54, 1.807) is 12.4 Å². The number of hydrogen-bond donors (Lipinski definition) is 6. The van der Waals surface area contributed by atoms with Crippen molar-refractivity contribution in [2.75, 3.05) is 13.1 Å². The van der Waals surface area contributed by atoms with Crippen LogP contribution < -0.4 is 0 Å². The second-order valence-corrected chi connectivity index (χ2v) is 17.1. The molecule has 0 radical (unpaired) electrons. The number of phenolic OH excluding ortho intramolecular Hbond substituents is 6. The molecule has 0 spiro atoms. The molecule has 318 valence electrons. The van der Waals surface area contributed by atoms with Crippen molar-refractivity contribution in [3.8, 4) is 45.6 Å². The summed E-state index contributed by atoms with van der Waals surface area (Å²) >= 11 is 0. The van der Waals surface area contributed by atoms with E-state index < -0.39 is 0 Å². The monoisotopic (exact) mass is 797 g/mol. The van der Waals surface area contributed by atoms with E-state index in [9.17, 15) is 30.6 Å². The molecule has 0 saturated carbocycles. The molecule has 4 aromatic rings. The maximum absolute atomic E-state index is 12.4. The number of rotatable bonds is 23. The number of unbranched alkanes of at least 4 members (excludes halogenated alkanes) is 14. The Morgan fingerprint density at radius 1 is 0.448 bits per heavy atom. The van der Waals surface area contributed by atoms with Gasteiger partial charge in [-0.15, -0.1) is 0 Å². The lowest BCUT2D eigenvalue weighted by Crippen LogP contribution is -2.01. The number of fused-ring (bicyclic) bond motifs is 2. The molecule has 6 N–H and O–H groups in total. The Balaban J connectivity index is 1.84. The molecular weight excluding hydrogens is 725 g/mol. The van der Waals surface area contributed by atoms with Crippen LogP contribution >= 0.6 is 0 Å². The number of aliphatic imine (C=N–C) groups is 2. The minimum atomic E-state index is -0.350. The van der Waals surface area contributed by atoms with Gasteiger partial charge in [0.1, 0.15) is 11.5 Å². The van der Waals surface area contributed by atoms with E-state index in [0.29, 0.717) is 68.0 Å². The summed E-state index contributed by atoms with van der Waals surface area (Å²) in [6.45, 7) is 16.9. The first-order valence-corrected chi connectivity index (χ1v) is 22.3. The molecule has 0 atom stereocenters. The molecule has 8 nitrogen and oxygen atoms in total. The third-order valence-electron chi connectivity index (χ3n) is 11.7. The van der Waals surface area contributed by atoms with Crippen molar-refractivity contribution in [1.82, 2.24) is 0 Å². The third kappa shape index (κ3) is 10.6. The average Bonchev–Trinajstić information content (AvgIpc) is 3.17. The zero-order valence-corrected chi connectivity index (χ0v) is 36.8. The Hall–Kier alpha value is -4.46. The molecular formula is C50H72N2O6. The van der Waals surface area contributed by atoms with E-state index >= 15 is 0 Å². The van der Waals surface area contributed by atoms with Gasteiger partial charge in [0.05, 0.1) is 0 Å². The van der Waals surface area contributed by atoms with Gasteiger partial charge in [0.25, 0.3) is 0 Å². The molecule has 0 unspecified atom stereocenters. The third-order valence-corrected chi connectivity index (χ3v) is 11.7. The van der Waals surface area contributed by atoms with Crippen LogP contribution in [0.3, 0.4) is 0 Å². The van der Waals surface area contributed by atoms with Crippen molar-refractivity contribution in [3.63, 3.8) is 0 Å². The summed E-state index contributed by atoms with van der Waals surface area (Å²) in [7, 11) is 0. The van der Waals surface area contributed by atoms with Gasteiger partial charge in [-0.05, 0) is 60.4 Å². The minimum Gasteiger partial charge on any atom is -0.507 e. The number of nitrogens with zero attached hydrogens (tertiary/aromatic N) is 2. The Kier molecular flexibility index (Phi) is 17.6. The quantitative estimate of drug-likeness (QED) is 0.0250. The van der Waals surface area contributed by atoms with E-state index in [2.05, 4.69) is 23.8 Å². The molecule has 0 fully saturated rings. The second-order valence-electron chi connectivity index (χ2n) is 17.1. The summed E-state index contributed by atoms with van der Waals surface area (Å²) in [4.78, 5) is 9.31. The molecule has 0 amide bonds. The van der Waals surface area contributed by atoms with Gasteiger partial charge in [0.15, 0.2) is 23.0 Å². The van der Waals surface area contributed by atoms with Crippen LogP contribution in [0.15, 0.2) is 22.1 Å². The van der Waals surface area contributed by atoms with Crippen molar-refractivity contribution in [3.05, 3.63) is 45.5 Å². The van der Waals surface area contributed by atoms with Gasteiger partial charge in [-0.2, -0.15) is 0 Å². The van der Waals surface area contributed by atoms with E-state index in [4.69, 9.17) is 0 Å².